The molecule has 2 aromatic heterocycles. The van der Waals surface area contributed by atoms with Crippen molar-refractivity contribution in [2.24, 2.45) is 0 Å². The monoisotopic (exact) mass is 311 g/mol. The number of hydrogen-bond acceptors (Lipinski definition) is 4. The number of nitrogens with zero attached hydrogens (tertiary/aromatic N) is 3. The van der Waals surface area contributed by atoms with Gasteiger partial charge in [0, 0.05) is 29.4 Å². The van der Waals surface area contributed by atoms with E-state index in [0.717, 1.165) is 5.69 Å². The topological polar surface area (TPSA) is 92.7 Å². The highest BCUT2D eigenvalue weighted by Crippen LogP contribution is 2.23. The molecular formula is C13H21N5O2S. The number of aromatic amines is 1. The molecule has 2 heterocycles. The maximum absolute atomic E-state index is 12.3. The van der Waals surface area contributed by atoms with Gasteiger partial charge in [-0.05, 0) is 13.8 Å². The summed E-state index contributed by atoms with van der Waals surface area (Å²) in [4.78, 5) is 0.122. The van der Waals surface area contributed by atoms with Crippen molar-refractivity contribution in [3.8, 4) is 0 Å². The molecule has 0 amide bonds. The van der Waals surface area contributed by atoms with Crippen LogP contribution in [-0.4, -0.2) is 28.4 Å². The fourth-order valence-corrected chi connectivity index (χ4v) is 2.63. The van der Waals surface area contributed by atoms with E-state index in [0.29, 0.717) is 0 Å². The Kier molecular flexibility index (Phi) is 3.83. The van der Waals surface area contributed by atoms with Crippen LogP contribution in [0.1, 0.15) is 46.4 Å². The van der Waals surface area contributed by atoms with Gasteiger partial charge in [0.2, 0.25) is 0 Å². The van der Waals surface area contributed by atoms with Crippen molar-refractivity contribution in [3.05, 3.63) is 24.2 Å². The Morgan fingerprint density at radius 2 is 2.00 bits per heavy atom. The Morgan fingerprint density at radius 3 is 2.48 bits per heavy atom. The van der Waals surface area contributed by atoms with E-state index in [9.17, 15) is 8.42 Å². The summed E-state index contributed by atoms with van der Waals surface area (Å²) in [5.41, 5.74) is 0.734. The van der Waals surface area contributed by atoms with Crippen LogP contribution in [0.3, 0.4) is 0 Å². The first-order valence-corrected chi connectivity index (χ1v) is 8.21. The van der Waals surface area contributed by atoms with Crippen LogP contribution < -0.4 is 4.72 Å². The quantitative estimate of drug-likeness (QED) is 0.906. The highest BCUT2D eigenvalue weighted by Gasteiger charge is 2.21. The van der Waals surface area contributed by atoms with E-state index >= 15 is 0 Å². The molecule has 0 saturated carbocycles. The van der Waals surface area contributed by atoms with Crippen LogP contribution in [0.2, 0.25) is 0 Å². The predicted octanol–water partition coefficient (Wildman–Crippen LogP) is 2.29. The van der Waals surface area contributed by atoms with Crippen molar-refractivity contribution in [1.29, 1.82) is 0 Å². The zero-order chi connectivity index (χ0) is 15.8. The van der Waals surface area contributed by atoms with Gasteiger partial charge in [0.15, 0.2) is 5.82 Å². The third kappa shape index (κ3) is 3.44. The molecule has 0 spiro atoms. The molecule has 7 nitrogen and oxygen atoms in total. The van der Waals surface area contributed by atoms with Crippen LogP contribution in [-0.2, 0) is 15.4 Å². The summed E-state index contributed by atoms with van der Waals surface area (Å²) < 4.78 is 28.6. The highest BCUT2D eigenvalue weighted by atomic mass is 32.2. The van der Waals surface area contributed by atoms with Crippen molar-refractivity contribution in [1.82, 2.24) is 20.0 Å². The first-order valence-electron chi connectivity index (χ1n) is 6.72. The Labute approximate surface area is 124 Å². The summed E-state index contributed by atoms with van der Waals surface area (Å²) in [5, 5.41) is 10.9. The van der Waals surface area contributed by atoms with Crippen LogP contribution in [0.15, 0.2) is 23.4 Å². The number of sulfonamides is 1. The molecule has 116 valence electrons. The van der Waals surface area contributed by atoms with E-state index in [1.165, 1.54) is 12.4 Å². The molecule has 2 rings (SSSR count). The first-order chi connectivity index (χ1) is 9.59. The Morgan fingerprint density at radius 1 is 1.33 bits per heavy atom. The number of rotatable bonds is 4. The zero-order valence-electron chi connectivity index (χ0n) is 12.9. The maximum Gasteiger partial charge on any atom is 0.266 e. The smallest absolute Gasteiger partial charge is 0.266 e. The normalized spacial score (nSPS) is 12.9. The lowest BCUT2D eigenvalue weighted by molar-refractivity contribution is 0.531. The van der Waals surface area contributed by atoms with E-state index < -0.39 is 10.0 Å². The summed E-state index contributed by atoms with van der Waals surface area (Å²) in [7, 11) is -3.67. The number of H-pyrrole nitrogens is 1. The summed E-state index contributed by atoms with van der Waals surface area (Å²) in [6.07, 6.45) is 2.84. The molecular weight excluding hydrogens is 290 g/mol. The van der Waals surface area contributed by atoms with Gasteiger partial charge in [0.1, 0.15) is 4.90 Å². The van der Waals surface area contributed by atoms with Crippen molar-refractivity contribution in [2.45, 2.75) is 51.0 Å². The minimum atomic E-state index is -3.67. The summed E-state index contributed by atoms with van der Waals surface area (Å²) in [6.45, 7) is 9.92. The fraction of sp³-hybridized carbons (Fsp3) is 0.538. The first kappa shape index (κ1) is 15.6. The molecule has 0 saturated heterocycles. The average Bonchev–Trinajstić information content (AvgIpc) is 2.94. The van der Waals surface area contributed by atoms with Crippen molar-refractivity contribution >= 4 is 15.8 Å². The van der Waals surface area contributed by atoms with E-state index in [-0.39, 0.29) is 22.2 Å². The lowest BCUT2D eigenvalue weighted by Crippen LogP contribution is -2.13. The van der Waals surface area contributed by atoms with Crippen molar-refractivity contribution in [2.75, 3.05) is 4.72 Å². The molecule has 0 aliphatic rings. The van der Waals surface area contributed by atoms with Gasteiger partial charge in [0.05, 0.1) is 6.20 Å². The molecule has 2 N–H and O–H groups in total. The van der Waals surface area contributed by atoms with Crippen LogP contribution in [0.5, 0.6) is 0 Å². The van der Waals surface area contributed by atoms with Crippen LogP contribution >= 0.6 is 0 Å². The molecule has 0 atom stereocenters. The van der Waals surface area contributed by atoms with Crippen LogP contribution in [0.4, 0.5) is 5.82 Å². The third-order valence-electron chi connectivity index (χ3n) is 3.04. The molecule has 0 bridgehead atoms. The molecule has 0 aromatic carbocycles. The van der Waals surface area contributed by atoms with E-state index in [4.69, 9.17) is 0 Å². The van der Waals surface area contributed by atoms with Gasteiger partial charge >= 0.3 is 0 Å². The standard InChI is InChI=1S/C13H21N5O2S/c1-9(2)18-8-10(7-14-18)21(19,20)17-12-6-11(15-16-12)13(3,4)5/h6-9H,1-5H3,(H2,15,16,17). The lowest BCUT2D eigenvalue weighted by Gasteiger charge is -2.14. The van der Waals surface area contributed by atoms with Gasteiger partial charge in [-0.1, -0.05) is 20.8 Å². The summed E-state index contributed by atoms with van der Waals surface area (Å²) >= 11 is 0. The molecule has 21 heavy (non-hydrogen) atoms. The van der Waals surface area contributed by atoms with Crippen molar-refractivity contribution in [3.63, 3.8) is 0 Å². The predicted molar refractivity (Wildman–Crippen MR) is 80.7 cm³/mol. The molecule has 8 heteroatoms. The third-order valence-corrected chi connectivity index (χ3v) is 4.35. The Bertz CT molecular complexity index is 722. The largest absolute Gasteiger partial charge is 0.280 e. The fourth-order valence-electron chi connectivity index (χ4n) is 1.70. The second kappa shape index (κ2) is 5.18. The van der Waals surface area contributed by atoms with Crippen molar-refractivity contribution < 1.29 is 8.42 Å². The minimum absolute atomic E-state index is 0.104. The SMILES string of the molecule is CC(C)n1cc(S(=O)(=O)Nc2cc(C(C)(C)C)[nH]n2)cn1. The number of anilines is 1. The van der Waals surface area contributed by atoms with Gasteiger partial charge in [-0.25, -0.2) is 8.42 Å². The zero-order valence-corrected chi connectivity index (χ0v) is 13.7. The second-order valence-electron chi connectivity index (χ2n) is 6.27. The summed E-state index contributed by atoms with van der Waals surface area (Å²) in [6, 6.07) is 1.80. The average molecular weight is 311 g/mol. The number of nitrogens with one attached hydrogen (secondary N) is 2. The van der Waals surface area contributed by atoms with Gasteiger partial charge in [0.25, 0.3) is 10.0 Å². The van der Waals surface area contributed by atoms with Crippen LogP contribution in [0, 0.1) is 0 Å². The van der Waals surface area contributed by atoms with E-state index in [2.05, 4.69) is 20.0 Å². The van der Waals surface area contributed by atoms with E-state index in [1.807, 2.05) is 34.6 Å². The minimum Gasteiger partial charge on any atom is -0.280 e. The molecule has 2 aromatic rings. The Hall–Kier alpha value is -1.83. The number of hydrogen-bond donors (Lipinski definition) is 2. The molecule has 0 fully saturated rings. The highest BCUT2D eigenvalue weighted by molar-refractivity contribution is 7.92. The van der Waals surface area contributed by atoms with Gasteiger partial charge in [-0.2, -0.15) is 10.2 Å². The second-order valence-corrected chi connectivity index (χ2v) is 7.95. The molecule has 0 aliphatic heterocycles. The molecule has 0 radical (unpaired) electrons. The maximum atomic E-state index is 12.3. The number of aromatic nitrogens is 4. The van der Waals surface area contributed by atoms with Crippen LogP contribution in [0.25, 0.3) is 0 Å². The lowest BCUT2D eigenvalue weighted by atomic mass is 9.92. The van der Waals surface area contributed by atoms with Gasteiger partial charge in [-0.15, -0.1) is 0 Å². The van der Waals surface area contributed by atoms with Gasteiger partial charge < -0.3 is 0 Å². The summed E-state index contributed by atoms with van der Waals surface area (Å²) in [5.74, 6) is 0.275. The van der Waals surface area contributed by atoms with E-state index in [1.54, 1.807) is 10.7 Å². The molecule has 0 unspecified atom stereocenters. The Balaban J connectivity index is 2.23. The molecule has 0 aliphatic carbocycles. The van der Waals surface area contributed by atoms with Gasteiger partial charge in [-0.3, -0.25) is 14.5 Å².